The van der Waals surface area contributed by atoms with Crippen LogP contribution in [0.5, 0.6) is 0 Å². The second-order valence-corrected chi connectivity index (χ2v) is 9.87. The normalized spacial score (nSPS) is 13.3. The Morgan fingerprint density at radius 2 is 1.46 bits per heavy atom. The maximum absolute atomic E-state index is 13.4. The van der Waals surface area contributed by atoms with Crippen LogP contribution in [0, 0.1) is 11.3 Å². The van der Waals surface area contributed by atoms with Crippen LogP contribution in [0.1, 0.15) is 44.2 Å². The Kier molecular flexibility index (Phi) is 13.3. The van der Waals surface area contributed by atoms with Gasteiger partial charge >= 0.3 is 12.3 Å². The number of nitrogens with one attached hydrogen (secondary N) is 3. The zero-order valence-electron chi connectivity index (χ0n) is 23.2. The maximum Gasteiger partial charge on any atom is 0.408 e. The third-order valence-electron chi connectivity index (χ3n) is 5.99. The number of carbonyl (C=O) groups excluding carboxylic acids is 4. The van der Waals surface area contributed by atoms with Gasteiger partial charge in [-0.15, -0.1) is 0 Å². The van der Waals surface area contributed by atoms with Crippen molar-refractivity contribution < 1.29 is 29.0 Å². The molecule has 0 aromatic heterocycles. The molecule has 0 heterocycles. The first kappa shape index (κ1) is 32.3. The van der Waals surface area contributed by atoms with Crippen LogP contribution >= 0.6 is 0 Å². The van der Waals surface area contributed by atoms with Crippen molar-refractivity contribution in [2.75, 3.05) is 0 Å². The smallest absolute Gasteiger partial charge is 0.408 e. The molecule has 0 aliphatic rings. The van der Waals surface area contributed by atoms with Gasteiger partial charge in [0.05, 0.1) is 6.04 Å². The Morgan fingerprint density at radius 3 is 2.02 bits per heavy atom. The van der Waals surface area contributed by atoms with Crippen LogP contribution < -0.4 is 21.7 Å². The van der Waals surface area contributed by atoms with Crippen LogP contribution in [-0.2, 0) is 32.1 Å². The predicted octanol–water partition coefficient (Wildman–Crippen LogP) is 3.06. The Morgan fingerprint density at radius 1 is 0.902 bits per heavy atom. The molecule has 12 heteroatoms. The molecule has 2 aromatic rings. The lowest BCUT2D eigenvalue weighted by molar-refractivity contribution is -0.130. The number of benzene rings is 2. The topological polar surface area (TPSA) is 188 Å². The maximum atomic E-state index is 13.4. The van der Waals surface area contributed by atoms with Crippen LogP contribution in [0.4, 0.5) is 4.79 Å². The van der Waals surface area contributed by atoms with Gasteiger partial charge < -0.3 is 31.5 Å². The largest absolute Gasteiger partial charge is 0.504 e. The van der Waals surface area contributed by atoms with E-state index >= 15 is 0 Å². The fourth-order valence-corrected chi connectivity index (χ4v) is 3.94. The second-order valence-electron chi connectivity index (χ2n) is 9.87. The quantitative estimate of drug-likeness (QED) is 0.162. The number of hydrogen-bond acceptors (Lipinski definition) is 7. The molecule has 218 valence electrons. The number of primary amides is 1. The highest BCUT2D eigenvalue weighted by Gasteiger charge is 2.30. The summed E-state index contributed by atoms with van der Waals surface area (Å²) in [5.41, 5.74) is 6.73. The predicted molar refractivity (Wildman–Crippen MR) is 151 cm³/mol. The number of diazo groups is 1. The van der Waals surface area contributed by atoms with Gasteiger partial charge in [0, 0.05) is 12.8 Å². The van der Waals surface area contributed by atoms with Crippen molar-refractivity contribution in [2.45, 2.75) is 64.3 Å². The fourth-order valence-electron chi connectivity index (χ4n) is 3.94. The van der Waals surface area contributed by atoms with Crippen molar-refractivity contribution in [3.05, 3.63) is 88.7 Å². The van der Waals surface area contributed by atoms with E-state index in [0.29, 0.717) is 0 Å². The molecular formula is C29H37N6O6+. The van der Waals surface area contributed by atoms with Gasteiger partial charge in [-0.1, -0.05) is 74.5 Å². The first-order valence-corrected chi connectivity index (χ1v) is 13.2. The number of nitrogens with two attached hydrogens (primary N) is 1. The van der Waals surface area contributed by atoms with Crippen molar-refractivity contribution in [3.63, 3.8) is 0 Å². The SMILES string of the molecule is CC(C)C[C@H](NC(=O)OCc1ccccc1)C(=O)N[C@@H](Cc1ccccc1)C(=O)N[C@@H](CCC(N)=O)/C(O)=C\[N+]#N. The second kappa shape index (κ2) is 16.9. The Bertz CT molecular complexity index is 1230. The van der Waals surface area contributed by atoms with E-state index < -0.39 is 47.7 Å². The highest BCUT2D eigenvalue weighted by Crippen LogP contribution is 2.11. The first-order valence-electron chi connectivity index (χ1n) is 13.2. The van der Waals surface area contributed by atoms with E-state index in [-0.39, 0.29) is 38.2 Å². The van der Waals surface area contributed by atoms with E-state index in [4.69, 9.17) is 15.9 Å². The number of carbonyl (C=O) groups is 4. The highest BCUT2D eigenvalue weighted by molar-refractivity contribution is 5.91. The molecule has 3 atom stereocenters. The molecule has 0 spiro atoms. The zero-order valence-corrected chi connectivity index (χ0v) is 23.2. The molecule has 6 N–H and O–H groups in total. The molecule has 41 heavy (non-hydrogen) atoms. The van der Waals surface area contributed by atoms with Crippen molar-refractivity contribution >= 4 is 23.8 Å². The summed E-state index contributed by atoms with van der Waals surface area (Å²) in [6, 6.07) is 14.8. The molecule has 2 rings (SSSR count). The molecule has 0 bridgehead atoms. The number of aliphatic hydroxyl groups is 1. The average molecular weight is 566 g/mol. The molecule has 0 unspecified atom stereocenters. The number of rotatable bonds is 15. The first-order chi connectivity index (χ1) is 19.6. The van der Waals surface area contributed by atoms with Crippen molar-refractivity contribution in [1.29, 1.82) is 5.39 Å². The van der Waals surface area contributed by atoms with Gasteiger partial charge in [0.15, 0.2) is 4.98 Å². The summed E-state index contributed by atoms with van der Waals surface area (Å²) in [5.74, 6) is -2.43. The zero-order chi connectivity index (χ0) is 30.2. The molecule has 0 fully saturated rings. The van der Waals surface area contributed by atoms with Gasteiger partial charge in [-0.3, -0.25) is 14.4 Å². The molecule has 4 amide bonds. The lowest BCUT2D eigenvalue weighted by atomic mass is 10.0. The molecule has 0 aliphatic carbocycles. The molecule has 0 radical (unpaired) electrons. The number of amides is 4. The van der Waals surface area contributed by atoms with Crippen LogP contribution in [0.2, 0.25) is 0 Å². The summed E-state index contributed by atoms with van der Waals surface area (Å²) in [6.07, 6.45) is 0.0520. The number of ether oxygens (including phenoxy) is 1. The monoisotopic (exact) mass is 565 g/mol. The van der Waals surface area contributed by atoms with E-state index in [1.807, 2.05) is 38.1 Å². The molecule has 12 nitrogen and oxygen atoms in total. The van der Waals surface area contributed by atoms with Crippen molar-refractivity contribution in [2.24, 2.45) is 11.7 Å². The minimum Gasteiger partial charge on any atom is -0.504 e. The Hall–Kier alpha value is -4.92. The number of aliphatic hydroxyl groups excluding tert-OH is 1. The van der Waals surface area contributed by atoms with Crippen LogP contribution in [0.15, 0.2) is 72.6 Å². The van der Waals surface area contributed by atoms with Gasteiger partial charge in [0.25, 0.3) is 0 Å². The van der Waals surface area contributed by atoms with Crippen molar-refractivity contribution in [3.8, 4) is 0 Å². The summed E-state index contributed by atoms with van der Waals surface area (Å²) in [4.78, 5) is 53.4. The van der Waals surface area contributed by atoms with Crippen LogP contribution in [-0.4, -0.2) is 47.0 Å². The minimum atomic E-state index is -1.13. The summed E-state index contributed by atoms with van der Waals surface area (Å²) < 4.78 is 5.28. The number of hydrogen-bond donors (Lipinski definition) is 5. The molecule has 2 aromatic carbocycles. The minimum absolute atomic E-state index is 0.0177. The van der Waals surface area contributed by atoms with E-state index in [1.54, 1.807) is 36.4 Å². The van der Waals surface area contributed by atoms with Gasteiger partial charge in [-0.2, -0.15) is 0 Å². The van der Waals surface area contributed by atoms with Crippen molar-refractivity contribution in [1.82, 2.24) is 16.0 Å². The lowest BCUT2D eigenvalue weighted by Crippen LogP contribution is -2.56. The van der Waals surface area contributed by atoms with Gasteiger partial charge in [0.1, 0.15) is 18.7 Å². The number of nitrogens with zero attached hydrogens (tertiary/aromatic N) is 2. The molecular weight excluding hydrogens is 528 g/mol. The van der Waals surface area contributed by atoms with E-state index in [0.717, 1.165) is 17.3 Å². The summed E-state index contributed by atoms with van der Waals surface area (Å²) in [6.45, 7) is 3.79. The Labute approximate surface area is 239 Å². The van der Waals surface area contributed by atoms with E-state index in [2.05, 4.69) is 20.9 Å². The van der Waals surface area contributed by atoms with Gasteiger partial charge in [-0.05, 0) is 29.9 Å². The molecule has 0 saturated carbocycles. The average Bonchev–Trinajstić information content (AvgIpc) is 2.94. The summed E-state index contributed by atoms with van der Waals surface area (Å²) >= 11 is 0. The Balaban J connectivity index is 2.21. The lowest BCUT2D eigenvalue weighted by Gasteiger charge is -2.25. The highest BCUT2D eigenvalue weighted by atomic mass is 16.5. The molecule has 0 aliphatic heterocycles. The fraction of sp³-hybridized carbons (Fsp3) is 0.379. The van der Waals surface area contributed by atoms with Crippen LogP contribution in [0.25, 0.3) is 4.98 Å². The van der Waals surface area contributed by atoms with E-state index in [1.165, 1.54) is 0 Å². The van der Waals surface area contributed by atoms with Gasteiger partial charge in [-0.25, -0.2) is 4.79 Å². The standard InChI is InChI=1S/C29H36N6O6/c1-19(2)15-23(35-29(40)41-18-21-11-7-4-8-12-21)27(38)34-24(16-20-9-5-3-6-10-20)28(39)33-22(13-14-26(30)37)25(36)17-32-31/h3-12,17,19,22-24H,13-16,18H2,1-2H3,(H5-,30,33,34,35,36,37,38,39,40)/p+1/b25-17+/t22-,23-,24-/m0/s1. The third kappa shape index (κ3) is 12.2. The van der Waals surface area contributed by atoms with E-state index in [9.17, 15) is 24.3 Å². The summed E-state index contributed by atoms with van der Waals surface area (Å²) in [7, 11) is 0. The molecule has 0 saturated heterocycles. The van der Waals surface area contributed by atoms with Crippen LogP contribution in [0.3, 0.4) is 0 Å². The van der Waals surface area contributed by atoms with Gasteiger partial charge in [0.2, 0.25) is 28.9 Å². The third-order valence-corrected chi connectivity index (χ3v) is 5.99. The summed E-state index contributed by atoms with van der Waals surface area (Å²) in [5, 5.41) is 26.9. The number of alkyl carbamates (subject to hydrolysis) is 1.